The molecule has 0 saturated heterocycles. The highest BCUT2D eigenvalue weighted by Gasteiger charge is 2.26. The highest BCUT2D eigenvalue weighted by molar-refractivity contribution is 5.45. The average molecular weight is 236 g/mol. The summed E-state index contributed by atoms with van der Waals surface area (Å²) in [5.74, 6) is 1.20. The van der Waals surface area contributed by atoms with Gasteiger partial charge in [0.1, 0.15) is 17.6 Å². The number of hydrogen-bond donors (Lipinski definition) is 1. The van der Waals surface area contributed by atoms with E-state index in [4.69, 9.17) is 4.74 Å². The molecule has 0 amide bonds. The number of phenols is 1. The Morgan fingerprint density at radius 1 is 1.24 bits per heavy atom. The van der Waals surface area contributed by atoms with Crippen molar-refractivity contribution in [2.45, 2.75) is 54.1 Å². The van der Waals surface area contributed by atoms with E-state index in [0.29, 0.717) is 5.75 Å². The topological polar surface area (TPSA) is 29.5 Å². The van der Waals surface area contributed by atoms with Crippen LogP contribution in [0.25, 0.3) is 0 Å². The van der Waals surface area contributed by atoms with Crippen LogP contribution in [0.3, 0.4) is 0 Å². The molecule has 2 heteroatoms. The first-order valence-electron chi connectivity index (χ1n) is 6.24. The number of phenolic OH excluding ortho intramolecular Hbond substituents is 1. The molecule has 0 bridgehead atoms. The lowest BCUT2D eigenvalue weighted by molar-refractivity contribution is 0.0843. The van der Waals surface area contributed by atoms with Crippen LogP contribution in [0.15, 0.2) is 12.1 Å². The molecule has 1 N–H and O–H groups in total. The van der Waals surface area contributed by atoms with Gasteiger partial charge in [0.25, 0.3) is 0 Å². The van der Waals surface area contributed by atoms with Crippen molar-refractivity contribution in [2.24, 2.45) is 5.41 Å². The maximum atomic E-state index is 9.50. The summed E-state index contributed by atoms with van der Waals surface area (Å²) in [5.41, 5.74) is 2.12. The molecule has 2 nitrogen and oxygen atoms in total. The standard InChI is InChI=1S/C15H24O2/c1-7-15(5,6)12(4)17-14-10(2)8-13(16)9-11(14)3/h8-9,12,16H,7H2,1-6H3. The molecule has 0 aliphatic carbocycles. The van der Waals surface area contributed by atoms with Gasteiger partial charge < -0.3 is 9.84 Å². The Kier molecular flexibility index (Phi) is 4.07. The lowest BCUT2D eigenvalue weighted by Crippen LogP contribution is -2.31. The summed E-state index contributed by atoms with van der Waals surface area (Å²) < 4.78 is 6.08. The second-order valence-corrected chi connectivity index (χ2v) is 5.51. The first kappa shape index (κ1) is 13.9. The number of rotatable bonds is 4. The van der Waals surface area contributed by atoms with Crippen molar-refractivity contribution in [2.75, 3.05) is 0 Å². The maximum absolute atomic E-state index is 9.50. The van der Waals surface area contributed by atoms with Gasteiger partial charge in [-0.15, -0.1) is 0 Å². The molecule has 0 saturated carbocycles. The third-order valence-electron chi connectivity index (χ3n) is 3.75. The van der Waals surface area contributed by atoms with Gasteiger partial charge in [0.15, 0.2) is 0 Å². The fraction of sp³-hybridized carbons (Fsp3) is 0.600. The fourth-order valence-electron chi connectivity index (χ4n) is 1.74. The minimum absolute atomic E-state index is 0.148. The number of aryl methyl sites for hydroxylation is 2. The first-order chi connectivity index (χ1) is 7.77. The van der Waals surface area contributed by atoms with E-state index in [-0.39, 0.29) is 11.5 Å². The molecule has 0 aliphatic heterocycles. The summed E-state index contributed by atoms with van der Waals surface area (Å²) in [6.07, 6.45) is 1.22. The van der Waals surface area contributed by atoms with Gasteiger partial charge in [0.05, 0.1) is 0 Å². The van der Waals surface area contributed by atoms with Crippen LogP contribution in [0.2, 0.25) is 0 Å². The Morgan fingerprint density at radius 3 is 2.12 bits per heavy atom. The lowest BCUT2D eigenvalue weighted by Gasteiger charge is -2.32. The Bertz CT molecular complexity index is 371. The van der Waals surface area contributed by atoms with Crippen molar-refractivity contribution in [3.05, 3.63) is 23.3 Å². The van der Waals surface area contributed by atoms with Crippen LogP contribution in [0.4, 0.5) is 0 Å². The van der Waals surface area contributed by atoms with E-state index < -0.39 is 0 Å². The molecule has 1 unspecified atom stereocenters. The van der Waals surface area contributed by atoms with Crippen molar-refractivity contribution in [3.8, 4) is 11.5 Å². The minimum Gasteiger partial charge on any atom is -0.508 e. The summed E-state index contributed by atoms with van der Waals surface area (Å²) in [5, 5.41) is 9.50. The quantitative estimate of drug-likeness (QED) is 0.848. The molecule has 1 rings (SSSR count). The van der Waals surface area contributed by atoms with Crippen LogP contribution < -0.4 is 4.74 Å². The summed E-state index contributed by atoms with van der Waals surface area (Å²) >= 11 is 0. The summed E-state index contributed by atoms with van der Waals surface area (Å²) in [6, 6.07) is 3.49. The molecule has 1 aromatic carbocycles. The molecule has 0 heterocycles. The third kappa shape index (κ3) is 3.15. The van der Waals surface area contributed by atoms with Gasteiger partial charge in [-0.25, -0.2) is 0 Å². The molecule has 0 spiro atoms. The van der Waals surface area contributed by atoms with Crippen LogP contribution in [0.5, 0.6) is 11.5 Å². The minimum atomic E-state index is 0.148. The molecule has 1 atom stereocenters. The maximum Gasteiger partial charge on any atom is 0.125 e. The Hall–Kier alpha value is -1.18. The molecule has 96 valence electrons. The van der Waals surface area contributed by atoms with Gasteiger partial charge in [0, 0.05) is 5.41 Å². The van der Waals surface area contributed by atoms with Crippen LogP contribution in [-0.4, -0.2) is 11.2 Å². The highest BCUT2D eigenvalue weighted by atomic mass is 16.5. The van der Waals surface area contributed by atoms with Crippen molar-refractivity contribution in [1.82, 2.24) is 0 Å². The van der Waals surface area contributed by atoms with Crippen molar-refractivity contribution in [3.63, 3.8) is 0 Å². The predicted octanol–water partition coefficient (Wildman–Crippen LogP) is 4.21. The van der Waals surface area contributed by atoms with Gasteiger partial charge in [0.2, 0.25) is 0 Å². The third-order valence-corrected chi connectivity index (χ3v) is 3.75. The van der Waals surface area contributed by atoms with E-state index in [1.807, 2.05) is 13.8 Å². The molecule has 0 aromatic heterocycles. The number of aromatic hydroxyl groups is 1. The van der Waals surface area contributed by atoms with Gasteiger partial charge in [-0.1, -0.05) is 20.8 Å². The van der Waals surface area contributed by atoms with E-state index in [1.165, 1.54) is 0 Å². The average Bonchev–Trinajstić information content (AvgIpc) is 2.22. The van der Waals surface area contributed by atoms with Crippen molar-refractivity contribution < 1.29 is 9.84 Å². The van der Waals surface area contributed by atoms with E-state index >= 15 is 0 Å². The Balaban J connectivity index is 2.96. The smallest absolute Gasteiger partial charge is 0.125 e. The van der Waals surface area contributed by atoms with E-state index in [2.05, 4.69) is 27.7 Å². The summed E-state index contributed by atoms with van der Waals surface area (Å²) in [6.45, 7) is 12.6. The van der Waals surface area contributed by atoms with E-state index in [1.54, 1.807) is 12.1 Å². The highest BCUT2D eigenvalue weighted by Crippen LogP contribution is 2.33. The fourth-order valence-corrected chi connectivity index (χ4v) is 1.74. The summed E-state index contributed by atoms with van der Waals surface area (Å²) in [4.78, 5) is 0. The molecule has 0 aliphatic rings. The van der Waals surface area contributed by atoms with Crippen LogP contribution >= 0.6 is 0 Å². The zero-order valence-corrected chi connectivity index (χ0v) is 11.8. The van der Waals surface area contributed by atoms with Crippen molar-refractivity contribution in [1.29, 1.82) is 0 Å². The van der Waals surface area contributed by atoms with E-state index in [9.17, 15) is 5.11 Å². The molecule has 17 heavy (non-hydrogen) atoms. The van der Waals surface area contributed by atoms with Crippen LogP contribution in [0.1, 0.15) is 45.2 Å². The van der Waals surface area contributed by atoms with Crippen molar-refractivity contribution >= 4 is 0 Å². The Morgan fingerprint density at radius 2 is 1.71 bits per heavy atom. The molecular formula is C15H24O2. The number of ether oxygens (including phenoxy) is 1. The second-order valence-electron chi connectivity index (χ2n) is 5.51. The van der Waals surface area contributed by atoms with Crippen LogP contribution in [-0.2, 0) is 0 Å². The second kappa shape index (κ2) is 4.99. The molecule has 0 radical (unpaired) electrons. The van der Waals surface area contributed by atoms with Gasteiger partial charge in [-0.2, -0.15) is 0 Å². The zero-order valence-electron chi connectivity index (χ0n) is 11.8. The first-order valence-corrected chi connectivity index (χ1v) is 6.24. The molecular weight excluding hydrogens is 212 g/mol. The predicted molar refractivity (Wildman–Crippen MR) is 71.7 cm³/mol. The van der Waals surface area contributed by atoms with Gasteiger partial charge in [-0.05, 0) is 50.5 Å². The normalized spacial score (nSPS) is 13.5. The zero-order chi connectivity index (χ0) is 13.2. The summed E-state index contributed by atoms with van der Waals surface area (Å²) in [7, 11) is 0. The van der Waals surface area contributed by atoms with Gasteiger partial charge >= 0.3 is 0 Å². The SMILES string of the molecule is CCC(C)(C)C(C)Oc1c(C)cc(O)cc1C. The molecule has 0 fully saturated rings. The van der Waals surface area contributed by atoms with Gasteiger partial charge in [-0.3, -0.25) is 0 Å². The van der Waals surface area contributed by atoms with Crippen LogP contribution in [0, 0.1) is 19.3 Å². The van der Waals surface area contributed by atoms with E-state index in [0.717, 1.165) is 23.3 Å². The Labute approximate surface area is 105 Å². The number of hydrogen-bond acceptors (Lipinski definition) is 2. The number of benzene rings is 1. The monoisotopic (exact) mass is 236 g/mol. The molecule has 1 aromatic rings. The largest absolute Gasteiger partial charge is 0.508 e. The lowest BCUT2D eigenvalue weighted by atomic mass is 9.84.